The highest BCUT2D eigenvalue weighted by atomic mass is 16.3. The lowest BCUT2D eigenvalue weighted by Crippen LogP contribution is -2.07. The van der Waals surface area contributed by atoms with Gasteiger partial charge in [0.05, 0.1) is 6.10 Å². The molecule has 1 rings (SSSR count). The average molecular weight is 151 g/mol. The van der Waals surface area contributed by atoms with Crippen molar-refractivity contribution in [1.29, 1.82) is 0 Å². The topological polar surface area (TPSA) is 33.1 Å². The fourth-order valence-electron chi connectivity index (χ4n) is 0.935. The van der Waals surface area contributed by atoms with Crippen molar-refractivity contribution in [3.63, 3.8) is 0 Å². The van der Waals surface area contributed by atoms with E-state index in [0.29, 0.717) is 0 Å². The Morgan fingerprint density at radius 1 is 1.45 bits per heavy atom. The third-order valence-electron chi connectivity index (χ3n) is 1.69. The monoisotopic (exact) mass is 151 g/mol. The van der Waals surface area contributed by atoms with E-state index in [0.717, 1.165) is 18.4 Å². The Labute approximate surface area is 66.9 Å². The van der Waals surface area contributed by atoms with E-state index >= 15 is 0 Å². The van der Waals surface area contributed by atoms with Crippen molar-refractivity contribution < 1.29 is 5.11 Å². The zero-order valence-electron chi connectivity index (χ0n) is 6.70. The highest BCUT2D eigenvalue weighted by molar-refractivity contribution is 5.10. The van der Waals surface area contributed by atoms with Gasteiger partial charge in [0.15, 0.2) is 0 Å². The third-order valence-corrected chi connectivity index (χ3v) is 1.69. The Morgan fingerprint density at radius 3 is 2.64 bits per heavy atom. The van der Waals surface area contributed by atoms with Crippen molar-refractivity contribution in [3.05, 3.63) is 30.1 Å². The summed E-state index contributed by atoms with van der Waals surface area (Å²) in [5, 5.41) is 9.29. The number of aliphatic hydroxyl groups excluding tert-OH is 1. The number of aromatic nitrogens is 1. The van der Waals surface area contributed by atoms with Crippen LogP contribution >= 0.6 is 0 Å². The molecule has 0 bridgehead atoms. The third kappa shape index (κ3) is 2.68. The summed E-state index contributed by atoms with van der Waals surface area (Å²) >= 11 is 0. The molecule has 0 aliphatic heterocycles. The molecule has 11 heavy (non-hydrogen) atoms. The number of rotatable bonds is 3. The molecular weight excluding hydrogens is 138 g/mol. The van der Waals surface area contributed by atoms with Crippen LogP contribution in [0, 0.1) is 0 Å². The van der Waals surface area contributed by atoms with Crippen LogP contribution in [-0.4, -0.2) is 16.2 Å². The Bertz CT molecular complexity index is 198. The summed E-state index contributed by atoms with van der Waals surface area (Å²) in [6, 6.07) is 3.86. The lowest BCUT2D eigenvalue weighted by molar-refractivity contribution is 0.171. The largest absolute Gasteiger partial charge is 0.393 e. The van der Waals surface area contributed by atoms with Gasteiger partial charge in [0.1, 0.15) is 0 Å². The minimum Gasteiger partial charge on any atom is -0.393 e. The fraction of sp³-hybridized carbons (Fsp3) is 0.444. The van der Waals surface area contributed by atoms with Gasteiger partial charge in [-0.3, -0.25) is 4.98 Å². The summed E-state index contributed by atoms with van der Waals surface area (Å²) < 4.78 is 0. The van der Waals surface area contributed by atoms with Gasteiger partial charge in [-0.15, -0.1) is 0 Å². The second-order valence-corrected chi connectivity index (χ2v) is 2.62. The fourth-order valence-corrected chi connectivity index (χ4v) is 0.935. The Balaban J connectivity index is 2.51. The minimum absolute atomic E-state index is 0.211. The molecule has 0 radical (unpaired) electrons. The van der Waals surface area contributed by atoms with Crippen LogP contribution in [0.2, 0.25) is 0 Å². The van der Waals surface area contributed by atoms with E-state index in [4.69, 9.17) is 0 Å². The van der Waals surface area contributed by atoms with Crippen LogP contribution in [-0.2, 0) is 6.42 Å². The van der Waals surface area contributed by atoms with Gasteiger partial charge in [-0.05, 0) is 30.5 Å². The van der Waals surface area contributed by atoms with Crippen molar-refractivity contribution in [2.45, 2.75) is 25.9 Å². The molecule has 1 atom stereocenters. The van der Waals surface area contributed by atoms with Crippen molar-refractivity contribution in [2.75, 3.05) is 0 Å². The van der Waals surface area contributed by atoms with E-state index in [1.54, 1.807) is 12.4 Å². The molecule has 2 nitrogen and oxygen atoms in total. The second-order valence-electron chi connectivity index (χ2n) is 2.62. The van der Waals surface area contributed by atoms with E-state index in [1.165, 1.54) is 0 Å². The second kappa shape index (κ2) is 4.09. The normalized spacial score (nSPS) is 12.9. The van der Waals surface area contributed by atoms with Gasteiger partial charge in [0, 0.05) is 12.4 Å². The molecule has 1 N–H and O–H groups in total. The molecule has 1 aromatic rings. The highest BCUT2D eigenvalue weighted by Crippen LogP contribution is 2.03. The van der Waals surface area contributed by atoms with Gasteiger partial charge >= 0.3 is 0 Å². The molecular formula is C9H13NO. The predicted molar refractivity (Wildman–Crippen MR) is 44.2 cm³/mol. The van der Waals surface area contributed by atoms with E-state index < -0.39 is 0 Å². The SMILES string of the molecule is CCC(O)Cc1ccncc1. The predicted octanol–water partition coefficient (Wildman–Crippen LogP) is 1.40. The van der Waals surface area contributed by atoms with Crippen molar-refractivity contribution >= 4 is 0 Å². The minimum atomic E-state index is -0.211. The van der Waals surface area contributed by atoms with Crippen LogP contribution in [0.15, 0.2) is 24.5 Å². The van der Waals surface area contributed by atoms with Crippen LogP contribution in [0.4, 0.5) is 0 Å². The summed E-state index contributed by atoms with van der Waals surface area (Å²) in [5.41, 5.74) is 1.15. The first kappa shape index (κ1) is 8.21. The Kier molecular flexibility index (Phi) is 3.05. The molecule has 0 aromatic carbocycles. The van der Waals surface area contributed by atoms with Gasteiger partial charge in [0.25, 0.3) is 0 Å². The maximum atomic E-state index is 9.29. The van der Waals surface area contributed by atoms with E-state index in [2.05, 4.69) is 4.98 Å². The molecule has 1 heterocycles. The Hall–Kier alpha value is -0.890. The Morgan fingerprint density at radius 2 is 2.09 bits per heavy atom. The standard InChI is InChI=1S/C9H13NO/c1-2-9(11)7-8-3-5-10-6-4-8/h3-6,9,11H,2,7H2,1H3. The smallest absolute Gasteiger partial charge is 0.0578 e. The molecule has 0 saturated carbocycles. The number of hydrogen-bond acceptors (Lipinski definition) is 2. The van der Waals surface area contributed by atoms with Crippen molar-refractivity contribution in [1.82, 2.24) is 4.98 Å². The summed E-state index contributed by atoms with van der Waals surface area (Å²) in [4.78, 5) is 3.90. The van der Waals surface area contributed by atoms with Crippen LogP contribution in [0.5, 0.6) is 0 Å². The van der Waals surface area contributed by atoms with E-state index in [-0.39, 0.29) is 6.10 Å². The average Bonchev–Trinajstić information content (AvgIpc) is 2.06. The first-order valence-electron chi connectivity index (χ1n) is 3.90. The molecule has 1 unspecified atom stereocenters. The summed E-state index contributed by atoms with van der Waals surface area (Å²) in [6.45, 7) is 1.98. The van der Waals surface area contributed by atoms with Gasteiger partial charge in [-0.2, -0.15) is 0 Å². The molecule has 0 saturated heterocycles. The zero-order chi connectivity index (χ0) is 8.10. The summed E-state index contributed by atoms with van der Waals surface area (Å²) in [7, 11) is 0. The highest BCUT2D eigenvalue weighted by Gasteiger charge is 2.00. The first-order valence-corrected chi connectivity index (χ1v) is 3.90. The van der Waals surface area contributed by atoms with Crippen molar-refractivity contribution in [3.8, 4) is 0 Å². The number of nitrogens with zero attached hydrogens (tertiary/aromatic N) is 1. The number of aliphatic hydroxyl groups is 1. The first-order chi connectivity index (χ1) is 5.33. The molecule has 0 aliphatic carbocycles. The van der Waals surface area contributed by atoms with Crippen LogP contribution in [0.1, 0.15) is 18.9 Å². The molecule has 0 fully saturated rings. The summed E-state index contributed by atoms with van der Waals surface area (Å²) in [5.74, 6) is 0. The lowest BCUT2D eigenvalue weighted by Gasteiger charge is -2.05. The zero-order valence-corrected chi connectivity index (χ0v) is 6.70. The molecule has 0 amide bonds. The van der Waals surface area contributed by atoms with Gasteiger partial charge in [0.2, 0.25) is 0 Å². The van der Waals surface area contributed by atoms with Crippen molar-refractivity contribution in [2.24, 2.45) is 0 Å². The van der Waals surface area contributed by atoms with E-state index in [9.17, 15) is 5.11 Å². The lowest BCUT2D eigenvalue weighted by atomic mass is 10.1. The maximum absolute atomic E-state index is 9.29. The van der Waals surface area contributed by atoms with E-state index in [1.807, 2.05) is 19.1 Å². The molecule has 0 aliphatic rings. The molecule has 60 valence electrons. The maximum Gasteiger partial charge on any atom is 0.0578 e. The van der Waals surface area contributed by atoms with Gasteiger partial charge in [-0.1, -0.05) is 6.92 Å². The van der Waals surface area contributed by atoms with Crippen LogP contribution < -0.4 is 0 Å². The quantitative estimate of drug-likeness (QED) is 0.708. The number of hydrogen-bond donors (Lipinski definition) is 1. The van der Waals surface area contributed by atoms with Crippen LogP contribution in [0.3, 0.4) is 0 Å². The van der Waals surface area contributed by atoms with Crippen LogP contribution in [0.25, 0.3) is 0 Å². The number of pyridine rings is 1. The molecule has 2 heteroatoms. The summed E-state index contributed by atoms with van der Waals surface area (Å²) in [6.07, 6.45) is 4.83. The molecule has 0 spiro atoms. The van der Waals surface area contributed by atoms with Gasteiger partial charge < -0.3 is 5.11 Å². The molecule has 1 aromatic heterocycles. The van der Waals surface area contributed by atoms with Gasteiger partial charge in [-0.25, -0.2) is 0 Å².